The molecule has 0 atom stereocenters. The highest BCUT2D eigenvalue weighted by molar-refractivity contribution is 7.89. The molecular formula is C20H22ClN3O3S2. The minimum Gasteiger partial charge on any atom is -0.313 e. The molecule has 4 rings (SSSR count). The Hall–Kier alpha value is -1.87. The molecule has 0 radical (unpaired) electrons. The lowest BCUT2D eigenvalue weighted by atomic mass is 10.0. The third kappa shape index (κ3) is 4.83. The van der Waals surface area contributed by atoms with Crippen LogP contribution in [0.3, 0.4) is 0 Å². The van der Waals surface area contributed by atoms with E-state index in [1.807, 2.05) is 18.2 Å². The van der Waals surface area contributed by atoms with Crippen LogP contribution in [-0.4, -0.2) is 33.2 Å². The predicted molar refractivity (Wildman–Crippen MR) is 117 cm³/mol. The average Bonchev–Trinajstić information content (AvgIpc) is 3.17. The van der Waals surface area contributed by atoms with Crippen LogP contribution in [0.4, 0.5) is 5.69 Å². The molecule has 2 aromatic rings. The van der Waals surface area contributed by atoms with Crippen molar-refractivity contribution in [3.8, 4) is 0 Å². The zero-order chi connectivity index (χ0) is 20.4. The second kappa shape index (κ2) is 8.47. The number of halogens is 1. The number of hydrogen-bond donors (Lipinski definition) is 2. The SMILES string of the molecule is O=C1C(NS(=O)(=O)CCc2ccc(Cl)s2)=CCN1c1ccc2c(c1)CNCCC2. The van der Waals surface area contributed by atoms with E-state index in [9.17, 15) is 13.2 Å². The van der Waals surface area contributed by atoms with E-state index in [2.05, 4.69) is 16.1 Å². The van der Waals surface area contributed by atoms with Gasteiger partial charge in [0.2, 0.25) is 10.0 Å². The molecule has 0 unspecified atom stereocenters. The largest absolute Gasteiger partial charge is 0.313 e. The maximum absolute atomic E-state index is 12.8. The standard InChI is InChI=1S/C20H22ClN3O3S2/c21-19-6-5-17(28-19)8-11-29(26,27)23-18-7-10-24(20(18)25)16-4-3-14-2-1-9-22-13-15(14)12-16/h3-7,12,22-23H,1-2,8-11,13H2. The summed E-state index contributed by atoms with van der Waals surface area (Å²) in [5.74, 6) is -0.423. The minimum absolute atomic E-state index is 0.0982. The summed E-state index contributed by atoms with van der Waals surface area (Å²) in [5, 5.41) is 3.39. The number of anilines is 1. The molecule has 0 saturated carbocycles. The van der Waals surface area contributed by atoms with Gasteiger partial charge in [0, 0.05) is 23.7 Å². The molecule has 2 aliphatic rings. The monoisotopic (exact) mass is 451 g/mol. The fraction of sp³-hybridized carbons (Fsp3) is 0.350. The van der Waals surface area contributed by atoms with Crippen molar-refractivity contribution >= 4 is 44.6 Å². The average molecular weight is 452 g/mol. The van der Waals surface area contributed by atoms with E-state index in [1.165, 1.54) is 22.5 Å². The van der Waals surface area contributed by atoms with E-state index < -0.39 is 10.0 Å². The number of amides is 1. The Bertz CT molecular complexity index is 1060. The van der Waals surface area contributed by atoms with Gasteiger partial charge in [0.1, 0.15) is 5.70 Å². The van der Waals surface area contributed by atoms with Crippen LogP contribution in [-0.2, 0) is 34.2 Å². The van der Waals surface area contributed by atoms with Gasteiger partial charge in [-0.25, -0.2) is 8.42 Å². The number of nitrogens with zero attached hydrogens (tertiary/aromatic N) is 1. The number of thiophene rings is 1. The van der Waals surface area contributed by atoms with Crippen molar-refractivity contribution in [1.29, 1.82) is 0 Å². The van der Waals surface area contributed by atoms with Crippen LogP contribution >= 0.6 is 22.9 Å². The van der Waals surface area contributed by atoms with E-state index in [0.717, 1.165) is 36.5 Å². The number of hydrogen-bond acceptors (Lipinski definition) is 5. The lowest BCUT2D eigenvalue weighted by molar-refractivity contribution is -0.114. The van der Waals surface area contributed by atoms with Crippen molar-refractivity contribution in [3.63, 3.8) is 0 Å². The zero-order valence-corrected chi connectivity index (χ0v) is 18.2. The number of rotatable bonds is 6. The van der Waals surface area contributed by atoms with Crippen LogP contribution in [0.15, 0.2) is 42.1 Å². The summed E-state index contributed by atoms with van der Waals surface area (Å²) in [5.41, 5.74) is 3.39. The number of benzene rings is 1. The lowest BCUT2D eigenvalue weighted by Gasteiger charge is -2.19. The maximum Gasteiger partial charge on any atom is 0.275 e. The zero-order valence-electron chi connectivity index (χ0n) is 15.8. The molecule has 0 spiro atoms. The van der Waals surface area contributed by atoms with Gasteiger partial charge in [0.25, 0.3) is 5.91 Å². The third-order valence-corrected chi connectivity index (χ3v) is 7.65. The molecule has 9 heteroatoms. The van der Waals surface area contributed by atoms with Crippen LogP contribution in [0.1, 0.15) is 22.4 Å². The quantitative estimate of drug-likeness (QED) is 0.707. The Morgan fingerprint density at radius 1 is 1.21 bits per heavy atom. The van der Waals surface area contributed by atoms with Gasteiger partial charge in [-0.2, -0.15) is 0 Å². The lowest BCUT2D eigenvalue weighted by Crippen LogP contribution is -2.34. The summed E-state index contributed by atoms with van der Waals surface area (Å²) >= 11 is 7.25. The summed E-state index contributed by atoms with van der Waals surface area (Å²) in [4.78, 5) is 15.3. The molecule has 0 saturated heterocycles. The molecule has 0 aliphatic carbocycles. The topological polar surface area (TPSA) is 78.5 Å². The van der Waals surface area contributed by atoms with Crippen molar-refractivity contribution in [1.82, 2.24) is 10.0 Å². The second-order valence-electron chi connectivity index (χ2n) is 7.14. The van der Waals surface area contributed by atoms with Crippen LogP contribution in [0, 0.1) is 0 Å². The molecule has 1 amide bonds. The molecule has 1 aromatic carbocycles. The summed E-state index contributed by atoms with van der Waals surface area (Å²) < 4.78 is 27.9. The van der Waals surface area contributed by atoms with Gasteiger partial charge >= 0.3 is 0 Å². The Labute approximate surface area is 179 Å². The summed E-state index contributed by atoms with van der Waals surface area (Å²) in [6.45, 7) is 2.12. The van der Waals surface area contributed by atoms with Crippen LogP contribution in [0.2, 0.25) is 4.34 Å². The number of aryl methyl sites for hydroxylation is 2. The molecule has 154 valence electrons. The first-order chi connectivity index (χ1) is 13.9. The molecular weight excluding hydrogens is 430 g/mol. The van der Waals surface area contributed by atoms with Gasteiger partial charge in [-0.15, -0.1) is 11.3 Å². The molecule has 0 fully saturated rings. The number of carbonyl (C=O) groups excluding carboxylic acids is 1. The van der Waals surface area contributed by atoms with Crippen LogP contribution < -0.4 is 14.9 Å². The molecule has 29 heavy (non-hydrogen) atoms. The first-order valence-corrected chi connectivity index (χ1v) is 12.4. The van der Waals surface area contributed by atoms with E-state index in [-0.39, 0.29) is 17.4 Å². The first kappa shape index (κ1) is 20.4. The van der Waals surface area contributed by atoms with E-state index in [4.69, 9.17) is 11.6 Å². The molecule has 2 aliphatic heterocycles. The Kier molecular flexibility index (Phi) is 5.96. The summed E-state index contributed by atoms with van der Waals surface area (Å²) in [7, 11) is -3.62. The van der Waals surface area contributed by atoms with Gasteiger partial charge in [0.15, 0.2) is 0 Å². The maximum atomic E-state index is 12.8. The Morgan fingerprint density at radius 3 is 2.86 bits per heavy atom. The summed E-state index contributed by atoms with van der Waals surface area (Å²) in [6, 6.07) is 9.60. The van der Waals surface area contributed by atoms with Gasteiger partial charge in [-0.05, 0) is 67.3 Å². The fourth-order valence-corrected chi connectivity index (χ4v) is 5.87. The highest BCUT2D eigenvalue weighted by Gasteiger charge is 2.28. The Morgan fingerprint density at radius 2 is 2.07 bits per heavy atom. The summed E-state index contributed by atoms with van der Waals surface area (Å²) in [6.07, 6.45) is 4.11. The van der Waals surface area contributed by atoms with Crippen molar-refractivity contribution in [2.24, 2.45) is 0 Å². The van der Waals surface area contributed by atoms with Crippen molar-refractivity contribution in [3.05, 3.63) is 62.4 Å². The smallest absolute Gasteiger partial charge is 0.275 e. The first-order valence-electron chi connectivity index (χ1n) is 9.50. The van der Waals surface area contributed by atoms with Crippen LogP contribution in [0.5, 0.6) is 0 Å². The highest BCUT2D eigenvalue weighted by atomic mass is 35.5. The molecule has 2 N–H and O–H groups in total. The van der Waals surface area contributed by atoms with Gasteiger partial charge < -0.3 is 10.2 Å². The third-order valence-electron chi connectivity index (χ3n) is 5.08. The molecule has 0 bridgehead atoms. The van der Waals surface area contributed by atoms with Crippen LogP contribution in [0.25, 0.3) is 0 Å². The number of carbonyl (C=O) groups is 1. The Balaban J connectivity index is 1.41. The molecule has 6 nitrogen and oxygen atoms in total. The molecule has 1 aromatic heterocycles. The van der Waals surface area contributed by atoms with Gasteiger partial charge in [-0.1, -0.05) is 17.7 Å². The second-order valence-corrected chi connectivity index (χ2v) is 10.8. The fourth-order valence-electron chi connectivity index (χ4n) is 3.56. The molecule has 3 heterocycles. The van der Waals surface area contributed by atoms with E-state index in [0.29, 0.717) is 17.3 Å². The predicted octanol–water partition coefficient (Wildman–Crippen LogP) is 2.83. The van der Waals surface area contributed by atoms with Crippen molar-refractivity contribution < 1.29 is 13.2 Å². The van der Waals surface area contributed by atoms with E-state index in [1.54, 1.807) is 17.0 Å². The van der Waals surface area contributed by atoms with Crippen molar-refractivity contribution in [2.45, 2.75) is 25.8 Å². The number of sulfonamides is 1. The minimum atomic E-state index is -3.62. The highest BCUT2D eigenvalue weighted by Crippen LogP contribution is 2.26. The van der Waals surface area contributed by atoms with Gasteiger partial charge in [-0.3, -0.25) is 9.52 Å². The van der Waals surface area contributed by atoms with Crippen molar-refractivity contribution in [2.75, 3.05) is 23.7 Å². The van der Waals surface area contributed by atoms with Gasteiger partial charge in [0.05, 0.1) is 10.1 Å². The number of fused-ring (bicyclic) bond motifs is 1. The van der Waals surface area contributed by atoms with E-state index >= 15 is 0 Å². The normalized spacial score (nSPS) is 17.1. The number of nitrogens with one attached hydrogen (secondary N) is 2.